The van der Waals surface area contributed by atoms with Crippen molar-refractivity contribution < 1.29 is 23.8 Å². The van der Waals surface area contributed by atoms with Crippen LogP contribution in [0.1, 0.15) is 0 Å². The predicted octanol–water partition coefficient (Wildman–Crippen LogP) is -0.651. The van der Waals surface area contributed by atoms with Crippen molar-refractivity contribution in [2.75, 3.05) is 27.1 Å². The van der Waals surface area contributed by atoms with Gasteiger partial charge in [0.15, 0.2) is 0 Å². The Bertz CT molecular complexity index is 122. The fraction of sp³-hybridized carbons (Fsp3) is 0.667. The van der Waals surface area contributed by atoms with E-state index >= 15 is 0 Å². The first-order valence-corrected chi connectivity index (χ1v) is 2.97. The summed E-state index contributed by atoms with van der Waals surface area (Å²) in [6, 6.07) is 0. The van der Waals surface area contributed by atoms with Gasteiger partial charge in [0.1, 0.15) is 26.3 Å². The maximum absolute atomic E-state index is 10.4. The summed E-state index contributed by atoms with van der Waals surface area (Å²) < 4.78 is 13.5. The van der Waals surface area contributed by atoms with Gasteiger partial charge in [-0.15, -0.1) is 0 Å². The van der Waals surface area contributed by atoms with Crippen molar-refractivity contribution in [1.29, 1.82) is 0 Å². The van der Waals surface area contributed by atoms with Crippen LogP contribution in [0, 0.1) is 0 Å². The normalized spacial score (nSPS) is 9.18. The molecule has 0 aromatic rings. The number of hydrogen-bond acceptors (Lipinski definition) is 5. The first-order chi connectivity index (χ1) is 5.31. The lowest BCUT2D eigenvalue weighted by Crippen LogP contribution is -2.12. The summed E-state index contributed by atoms with van der Waals surface area (Å²) in [7, 11) is 1.26. The van der Waals surface area contributed by atoms with Crippen LogP contribution in [0.25, 0.3) is 0 Å². The molecule has 11 heavy (non-hydrogen) atoms. The van der Waals surface area contributed by atoms with Crippen LogP contribution in [-0.2, 0) is 23.8 Å². The molecule has 0 N–H and O–H groups in total. The molecule has 0 saturated carbocycles. The zero-order valence-corrected chi connectivity index (χ0v) is 6.24. The highest BCUT2D eigenvalue weighted by atomic mass is 16.7. The molecule has 5 nitrogen and oxygen atoms in total. The smallest absolute Gasteiger partial charge is 0.331 e. The van der Waals surface area contributed by atoms with Gasteiger partial charge >= 0.3 is 5.97 Å². The van der Waals surface area contributed by atoms with E-state index in [-0.39, 0.29) is 20.0 Å². The molecule has 0 heterocycles. The van der Waals surface area contributed by atoms with Crippen LogP contribution >= 0.6 is 0 Å². The molecule has 5 heteroatoms. The van der Waals surface area contributed by atoms with E-state index in [4.69, 9.17) is 0 Å². The SMILES string of the molecule is COC(=O)COCOCC=O. The van der Waals surface area contributed by atoms with Crippen LogP contribution in [0.4, 0.5) is 0 Å². The van der Waals surface area contributed by atoms with Crippen LogP contribution in [0.15, 0.2) is 0 Å². The Balaban J connectivity index is 3.01. The third-order valence-corrected chi connectivity index (χ3v) is 0.800. The van der Waals surface area contributed by atoms with E-state index in [0.29, 0.717) is 6.29 Å². The van der Waals surface area contributed by atoms with Crippen LogP contribution in [0.5, 0.6) is 0 Å². The number of esters is 1. The highest BCUT2D eigenvalue weighted by Gasteiger charge is 1.97. The lowest BCUT2D eigenvalue weighted by Gasteiger charge is -2.00. The average molecular weight is 162 g/mol. The van der Waals surface area contributed by atoms with Gasteiger partial charge in [-0.1, -0.05) is 0 Å². The van der Waals surface area contributed by atoms with Crippen molar-refractivity contribution in [2.24, 2.45) is 0 Å². The molecule has 0 bridgehead atoms. The van der Waals surface area contributed by atoms with E-state index in [1.165, 1.54) is 7.11 Å². The summed E-state index contributed by atoms with van der Waals surface area (Å²) in [5.74, 6) is -0.472. The minimum atomic E-state index is -0.472. The maximum Gasteiger partial charge on any atom is 0.331 e. The third-order valence-electron chi connectivity index (χ3n) is 0.800. The van der Waals surface area contributed by atoms with E-state index in [1.54, 1.807) is 0 Å². The van der Waals surface area contributed by atoms with Gasteiger partial charge in [0.05, 0.1) is 7.11 Å². The third kappa shape index (κ3) is 6.95. The minimum Gasteiger partial charge on any atom is -0.467 e. The highest BCUT2D eigenvalue weighted by molar-refractivity contribution is 5.70. The van der Waals surface area contributed by atoms with Crippen molar-refractivity contribution in [3.05, 3.63) is 0 Å². The van der Waals surface area contributed by atoms with E-state index < -0.39 is 5.97 Å². The standard InChI is InChI=1S/C6H10O5/c1-9-6(8)4-11-5-10-3-2-7/h2H,3-5H2,1H3. The summed E-state index contributed by atoms with van der Waals surface area (Å²) >= 11 is 0. The molecule has 64 valence electrons. The fourth-order valence-corrected chi connectivity index (χ4v) is 0.339. The van der Waals surface area contributed by atoms with Crippen LogP contribution in [0.2, 0.25) is 0 Å². The number of aldehydes is 1. The monoisotopic (exact) mass is 162 g/mol. The van der Waals surface area contributed by atoms with Crippen LogP contribution in [0.3, 0.4) is 0 Å². The molecule has 0 aromatic heterocycles. The Morgan fingerprint density at radius 3 is 2.73 bits per heavy atom. The lowest BCUT2D eigenvalue weighted by atomic mass is 10.7. The first kappa shape index (κ1) is 10.1. The van der Waals surface area contributed by atoms with Crippen LogP contribution in [-0.4, -0.2) is 39.4 Å². The van der Waals surface area contributed by atoms with Gasteiger partial charge in [-0.2, -0.15) is 0 Å². The Morgan fingerprint density at radius 1 is 1.45 bits per heavy atom. The molecule has 0 aliphatic heterocycles. The summed E-state index contributed by atoms with van der Waals surface area (Å²) in [6.45, 7) is -0.260. The van der Waals surface area contributed by atoms with Gasteiger partial charge in [0.25, 0.3) is 0 Å². The number of hydrogen-bond donors (Lipinski definition) is 0. The summed E-state index contributed by atoms with van der Waals surface area (Å²) in [6.07, 6.45) is 0.599. The van der Waals surface area contributed by atoms with Gasteiger partial charge in [0.2, 0.25) is 0 Å². The van der Waals surface area contributed by atoms with E-state index in [2.05, 4.69) is 14.2 Å². The van der Waals surface area contributed by atoms with Gasteiger partial charge in [-0.05, 0) is 0 Å². The molecule has 0 rings (SSSR count). The molecule has 0 fully saturated rings. The Kier molecular flexibility index (Phi) is 6.56. The molecule has 0 spiro atoms. The number of methoxy groups -OCH3 is 1. The molecule has 0 radical (unpaired) electrons. The van der Waals surface area contributed by atoms with Crippen molar-refractivity contribution in [3.63, 3.8) is 0 Å². The van der Waals surface area contributed by atoms with Gasteiger partial charge in [-0.25, -0.2) is 4.79 Å². The highest BCUT2D eigenvalue weighted by Crippen LogP contribution is 1.79. The molecule has 0 aliphatic carbocycles. The first-order valence-electron chi connectivity index (χ1n) is 2.97. The maximum atomic E-state index is 10.4. The molecule has 0 amide bonds. The summed E-state index contributed by atoms with van der Waals surface area (Å²) in [4.78, 5) is 20.1. The van der Waals surface area contributed by atoms with E-state index in [0.717, 1.165) is 0 Å². The second kappa shape index (κ2) is 7.17. The molecule has 0 saturated heterocycles. The van der Waals surface area contributed by atoms with Gasteiger partial charge in [0, 0.05) is 0 Å². The summed E-state index contributed by atoms with van der Waals surface area (Å²) in [5, 5.41) is 0. The van der Waals surface area contributed by atoms with E-state index in [9.17, 15) is 9.59 Å². The molecular formula is C6H10O5. The number of carbonyl (C=O) groups is 2. The predicted molar refractivity (Wildman–Crippen MR) is 34.9 cm³/mol. The number of ether oxygens (including phenoxy) is 3. The zero-order valence-electron chi connectivity index (χ0n) is 6.24. The van der Waals surface area contributed by atoms with Crippen LogP contribution < -0.4 is 0 Å². The van der Waals surface area contributed by atoms with Crippen molar-refractivity contribution >= 4 is 12.3 Å². The molecule has 0 aromatic carbocycles. The lowest BCUT2D eigenvalue weighted by molar-refractivity contribution is -0.151. The average Bonchev–Trinajstić information content (AvgIpc) is 2.04. The molecule has 0 unspecified atom stereocenters. The fourth-order valence-electron chi connectivity index (χ4n) is 0.339. The van der Waals surface area contributed by atoms with Crippen molar-refractivity contribution in [3.8, 4) is 0 Å². The summed E-state index contributed by atoms with van der Waals surface area (Å²) in [5.41, 5.74) is 0. The second-order valence-corrected chi connectivity index (χ2v) is 1.58. The second-order valence-electron chi connectivity index (χ2n) is 1.58. The van der Waals surface area contributed by atoms with Gasteiger partial charge < -0.3 is 19.0 Å². The Morgan fingerprint density at radius 2 is 2.18 bits per heavy atom. The quantitative estimate of drug-likeness (QED) is 0.225. The van der Waals surface area contributed by atoms with E-state index in [1.807, 2.05) is 0 Å². The topological polar surface area (TPSA) is 61.8 Å². The molecular weight excluding hydrogens is 152 g/mol. The van der Waals surface area contributed by atoms with Crippen molar-refractivity contribution in [1.82, 2.24) is 0 Å². The molecule has 0 aliphatic rings. The van der Waals surface area contributed by atoms with Crippen molar-refractivity contribution in [2.45, 2.75) is 0 Å². The van der Waals surface area contributed by atoms with Gasteiger partial charge in [-0.3, -0.25) is 0 Å². The Labute approximate surface area is 64.2 Å². The minimum absolute atomic E-state index is 0.0266. The zero-order chi connectivity index (χ0) is 8.53. The molecule has 0 atom stereocenters. The Hall–Kier alpha value is -0.940. The number of rotatable bonds is 6. The number of carbonyl (C=O) groups excluding carboxylic acids is 2. The largest absolute Gasteiger partial charge is 0.467 e.